The van der Waals surface area contributed by atoms with Crippen molar-refractivity contribution in [2.45, 2.75) is 114 Å². The van der Waals surface area contributed by atoms with Crippen LogP contribution < -0.4 is 19.3 Å². The number of pyridine rings is 1. The molecule has 1 aliphatic heterocycles. The number of anilines is 2. The molecule has 25 heteroatoms. The second kappa shape index (κ2) is 19.7. The molecule has 1 aromatic carbocycles. The smallest absolute Gasteiger partial charge is 0.434 e. The summed E-state index contributed by atoms with van der Waals surface area (Å²) in [7, 11) is -2.64. The molecule has 0 radical (unpaired) electrons. The van der Waals surface area contributed by atoms with Crippen molar-refractivity contribution in [3.63, 3.8) is 0 Å². The zero-order valence-electron chi connectivity index (χ0n) is 40.7. The van der Waals surface area contributed by atoms with E-state index in [9.17, 15) is 35.2 Å². The number of imidazole rings is 2. The third-order valence-corrected chi connectivity index (χ3v) is 15.5. The highest BCUT2D eigenvalue weighted by Gasteiger charge is 2.42. The molecule has 6 aromatic rings. The predicted molar refractivity (Wildman–Crippen MR) is 265 cm³/mol. The molecule has 3 N–H and O–H groups in total. The Morgan fingerprint density at radius 3 is 2.32 bits per heavy atom. The van der Waals surface area contributed by atoms with E-state index in [1.54, 1.807) is 67.1 Å². The molecular weight excluding hydrogens is 996 g/mol. The van der Waals surface area contributed by atoms with Gasteiger partial charge in [0, 0.05) is 73.4 Å². The first-order valence-corrected chi connectivity index (χ1v) is 25.8. The number of carbonyl (C=O) groups is 1. The van der Waals surface area contributed by atoms with Crippen molar-refractivity contribution in [1.29, 1.82) is 10.8 Å². The summed E-state index contributed by atoms with van der Waals surface area (Å²) in [6, 6.07) is 8.87. The molecular formula is C48H53F5N14O4S2. The number of hydrogen-bond donors (Lipinski definition) is 3. The first kappa shape index (κ1) is 51.3. The van der Waals surface area contributed by atoms with E-state index in [-0.39, 0.29) is 72.4 Å². The van der Waals surface area contributed by atoms with Gasteiger partial charge in [-0.15, -0.1) is 0 Å². The van der Waals surface area contributed by atoms with E-state index >= 15 is 0 Å². The molecule has 3 aliphatic rings. The number of rotatable bonds is 16. The molecule has 2 saturated carbocycles. The predicted octanol–water partition coefficient (Wildman–Crippen LogP) is 8.19. The van der Waals surface area contributed by atoms with Crippen LogP contribution in [0.2, 0.25) is 0 Å². The number of thioether (sulfide) groups is 1. The van der Waals surface area contributed by atoms with Gasteiger partial charge in [-0.3, -0.25) is 20.0 Å². The average molecular weight is 1050 g/mol. The Balaban J connectivity index is 1.03. The molecule has 1 amide bonds. The fourth-order valence-electron chi connectivity index (χ4n) is 9.15. The first-order valence-electron chi connectivity index (χ1n) is 23.5. The number of nitrogens with zero attached hydrogens (tertiary/aromatic N) is 11. The molecule has 73 heavy (non-hydrogen) atoms. The highest BCUT2D eigenvalue weighted by Crippen LogP contribution is 2.45. The zero-order valence-corrected chi connectivity index (χ0v) is 42.3. The van der Waals surface area contributed by atoms with Crippen LogP contribution in [0.3, 0.4) is 0 Å². The highest BCUT2D eigenvalue weighted by atomic mass is 32.2. The van der Waals surface area contributed by atoms with Crippen molar-refractivity contribution in [3.8, 4) is 28.7 Å². The van der Waals surface area contributed by atoms with Crippen molar-refractivity contribution < 1.29 is 39.9 Å². The minimum absolute atomic E-state index is 0.127. The van der Waals surface area contributed by atoms with Crippen LogP contribution in [-0.4, -0.2) is 119 Å². The number of benzene rings is 1. The maximum atomic E-state index is 14.9. The number of halogens is 5. The minimum Gasteiger partial charge on any atom is -0.480 e. The number of amides is 1. The van der Waals surface area contributed by atoms with Gasteiger partial charge >= 0.3 is 6.18 Å². The molecule has 0 bridgehead atoms. The van der Waals surface area contributed by atoms with Crippen molar-refractivity contribution >= 4 is 54.8 Å². The normalized spacial score (nSPS) is 17.9. The lowest BCUT2D eigenvalue weighted by Crippen LogP contribution is -2.60. The molecule has 2 aliphatic carbocycles. The molecule has 18 nitrogen and oxygen atoms in total. The summed E-state index contributed by atoms with van der Waals surface area (Å²) in [5.41, 5.74) is 1.65. The van der Waals surface area contributed by atoms with Crippen LogP contribution in [0.25, 0.3) is 28.3 Å². The molecule has 386 valence electrons. The number of fused-ring (bicyclic) bond motifs is 1. The number of hydrogen-bond acceptors (Lipinski definition) is 15. The van der Waals surface area contributed by atoms with Crippen molar-refractivity contribution in [2.24, 2.45) is 0 Å². The van der Waals surface area contributed by atoms with Gasteiger partial charge in [0.05, 0.1) is 36.7 Å². The van der Waals surface area contributed by atoms with Crippen LogP contribution in [0.1, 0.15) is 95.0 Å². The third kappa shape index (κ3) is 10.7. The van der Waals surface area contributed by atoms with Gasteiger partial charge in [0.2, 0.25) is 21.8 Å². The van der Waals surface area contributed by atoms with Gasteiger partial charge < -0.3 is 24.0 Å². The molecule has 6 heterocycles. The van der Waals surface area contributed by atoms with Gasteiger partial charge in [-0.05, 0) is 89.8 Å². The lowest BCUT2D eigenvalue weighted by Gasteiger charge is -2.46. The second-order valence-electron chi connectivity index (χ2n) is 19.2. The van der Waals surface area contributed by atoms with E-state index in [2.05, 4.69) is 29.6 Å². The fourth-order valence-corrected chi connectivity index (χ4v) is 11.2. The van der Waals surface area contributed by atoms with Crippen LogP contribution in [0.15, 0.2) is 72.4 Å². The Hall–Kier alpha value is -6.60. The number of methoxy groups -OCH3 is 1. The Morgan fingerprint density at radius 1 is 1.00 bits per heavy atom. The summed E-state index contributed by atoms with van der Waals surface area (Å²) < 4.78 is 107. The Labute approximate surface area is 421 Å². The fraction of sp³-hybridized carbons (Fsp3) is 0.438. The van der Waals surface area contributed by atoms with Crippen LogP contribution in [0.4, 0.5) is 33.5 Å². The van der Waals surface area contributed by atoms with Crippen molar-refractivity contribution in [2.75, 3.05) is 36.5 Å². The van der Waals surface area contributed by atoms with Gasteiger partial charge in [-0.2, -0.15) is 13.2 Å². The van der Waals surface area contributed by atoms with Crippen molar-refractivity contribution in [1.82, 2.24) is 48.5 Å². The van der Waals surface area contributed by atoms with Crippen LogP contribution >= 0.6 is 11.8 Å². The number of alkyl halides is 5. The second-order valence-corrected chi connectivity index (χ2v) is 22.0. The molecule has 9 rings (SSSR count). The quantitative estimate of drug-likeness (QED) is 0.0474. The molecule has 3 fully saturated rings. The summed E-state index contributed by atoms with van der Waals surface area (Å²) >= 11 is 0.220. The molecule has 2 atom stereocenters. The zero-order chi connectivity index (χ0) is 52.3. The summed E-state index contributed by atoms with van der Waals surface area (Å²) in [5.74, 6) is 0.921. The minimum atomic E-state index is -4.63. The number of piperazine rings is 1. The van der Waals surface area contributed by atoms with E-state index in [0.717, 1.165) is 24.7 Å². The summed E-state index contributed by atoms with van der Waals surface area (Å²) in [4.78, 5) is 47.0. The first-order chi connectivity index (χ1) is 34.5. The molecule has 5 aromatic heterocycles. The molecule has 1 saturated heterocycles. The van der Waals surface area contributed by atoms with Crippen LogP contribution in [0, 0.1) is 10.8 Å². The van der Waals surface area contributed by atoms with Crippen LogP contribution in [-0.2, 0) is 27.5 Å². The topological polar surface area (TPSA) is 217 Å². The Bertz CT molecular complexity index is 3200. The molecule has 1 unspecified atom stereocenters. The highest BCUT2D eigenvalue weighted by molar-refractivity contribution is 8.26. The van der Waals surface area contributed by atoms with Gasteiger partial charge in [0.1, 0.15) is 38.5 Å². The van der Waals surface area contributed by atoms with Crippen molar-refractivity contribution in [3.05, 3.63) is 90.3 Å². The van der Waals surface area contributed by atoms with Gasteiger partial charge in [-0.25, -0.2) is 51.8 Å². The summed E-state index contributed by atoms with van der Waals surface area (Å²) in [6.45, 7) is 9.48. The Morgan fingerprint density at radius 2 is 1.70 bits per heavy atom. The number of ether oxygens (including phenoxy) is 1. The maximum Gasteiger partial charge on any atom is 0.434 e. The standard InChI is InChI=1S/C48H53F5N14O4S2/c1-26(2)65-23-35(48(51,52)53)60-44(65)31-9-7-29(8-10-31)21-64(36-13-16-56-43(61-36)38-39(30-11-12-30)58-25-59-46(38)71-6)24-37(68)67-27(3)19-63(20-28(67)4)33-17-32(73(69,70)62-47(5)14-15-47)22-66-34(33)18-57-45(66)42(55)72-41(54)40(49)50/h7-10,13,16-18,22-23,25-28,30,40,54-55,62H,11-12,14-15,19-21,24H2,1-6H3/t27-,28?/m0/s1. The number of carbonyl (C=O) groups excluding carboxylic acids is 1. The van der Waals surface area contributed by atoms with Crippen LogP contribution in [0.5, 0.6) is 5.88 Å². The molecule has 0 spiro atoms. The van der Waals surface area contributed by atoms with E-state index < -0.39 is 56.0 Å². The average Bonchev–Trinajstić information content (AvgIpc) is 4.22. The monoisotopic (exact) mass is 1050 g/mol. The number of sulfonamides is 1. The number of aromatic nitrogens is 8. The van der Waals surface area contributed by atoms with Gasteiger partial charge in [0.25, 0.3) is 6.43 Å². The Kier molecular flexibility index (Phi) is 13.8. The summed E-state index contributed by atoms with van der Waals surface area (Å²) in [6.07, 6.45) is 2.12. The van der Waals surface area contributed by atoms with E-state index in [1.807, 2.05) is 18.7 Å². The van der Waals surface area contributed by atoms with Gasteiger partial charge in [0.15, 0.2) is 17.3 Å². The number of nitrogens with one attached hydrogen (secondary N) is 3. The van der Waals surface area contributed by atoms with E-state index in [1.165, 1.54) is 40.9 Å². The lowest BCUT2D eigenvalue weighted by molar-refractivity contribution is -0.141. The largest absolute Gasteiger partial charge is 0.480 e. The van der Waals surface area contributed by atoms with Gasteiger partial charge in [-0.1, -0.05) is 24.3 Å². The third-order valence-electron chi connectivity index (χ3n) is 13.1. The van der Waals surface area contributed by atoms with E-state index in [4.69, 9.17) is 20.5 Å². The summed E-state index contributed by atoms with van der Waals surface area (Å²) in [5, 5.41) is 14.7. The van der Waals surface area contributed by atoms with E-state index in [0.29, 0.717) is 58.3 Å². The maximum absolute atomic E-state index is 14.9. The lowest BCUT2D eigenvalue weighted by atomic mass is 10.1. The SMILES string of the molecule is COc1ncnc(C2CC2)c1-c1nccc(N(CC(=O)N2C(C)CN(c3cc(S(=O)(=O)NC4(C)CC4)cn4c(C(=N)SC(=N)C(F)F)ncc34)C[C@@H]2C)Cc2ccc(-c3nc(C(F)(F)F)cn3C(C)C)cc2)n1.